The Bertz CT molecular complexity index is 644. The third kappa shape index (κ3) is 10.6. The van der Waals surface area contributed by atoms with Crippen molar-refractivity contribution in [2.75, 3.05) is 13.2 Å². The van der Waals surface area contributed by atoms with Crippen LogP contribution >= 0.6 is 0 Å². The molecule has 2 aliphatic heterocycles. The fourth-order valence-electron chi connectivity index (χ4n) is 3.12. The van der Waals surface area contributed by atoms with E-state index >= 15 is 0 Å². The van der Waals surface area contributed by atoms with Crippen LogP contribution in [0.3, 0.4) is 0 Å². The van der Waals surface area contributed by atoms with Gasteiger partial charge in [-0.05, 0) is 25.0 Å². The van der Waals surface area contributed by atoms with E-state index in [4.69, 9.17) is 9.47 Å². The second-order valence-electron chi connectivity index (χ2n) is 7.82. The molecule has 0 spiro atoms. The number of ether oxygens (including phenoxy) is 2. The molecule has 0 aliphatic carbocycles. The minimum absolute atomic E-state index is 0.574. The molecule has 0 radical (unpaired) electrons. The highest BCUT2D eigenvalue weighted by atomic mass is 16.5. The van der Waals surface area contributed by atoms with E-state index in [0.29, 0.717) is 11.8 Å². The normalized spacial score (nSPS) is 16.0. The monoisotopic (exact) mass is 444 g/mol. The van der Waals surface area contributed by atoms with Gasteiger partial charge in [-0.15, -0.1) is 0 Å². The molecule has 4 rings (SSSR count). The summed E-state index contributed by atoms with van der Waals surface area (Å²) in [6, 6.07) is 12.7. The Labute approximate surface area is 200 Å². The van der Waals surface area contributed by atoms with E-state index in [1.807, 2.05) is 27.7 Å². The molecule has 184 valence electrons. The summed E-state index contributed by atoms with van der Waals surface area (Å²) in [7, 11) is 0. The molecule has 32 heavy (non-hydrogen) atoms. The van der Waals surface area contributed by atoms with Crippen molar-refractivity contribution in [2.45, 2.75) is 108 Å². The number of rotatable bonds is 0. The lowest BCUT2D eigenvalue weighted by atomic mass is 10.0. The van der Waals surface area contributed by atoms with Crippen LogP contribution in [-0.2, 0) is 0 Å². The molecule has 2 aliphatic rings. The molecule has 0 bridgehead atoms. The van der Waals surface area contributed by atoms with Crippen LogP contribution in [0.2, 0.25) is 0 Å². The van der Waals surface area contributed by atoms with Crippen LogP contribution in [0, 0.1) is 13.8 Å². The van der Waals surface area contributed by atoms with Gasteiger partial charge in [0.15, 0.2) is 0 Å². The summed E-state index contributed by atoms with van der Waals surface area (Å²) in [6.07, 6.45) is 2.50. The van der Waals surface area contributed by atoms with Crippen LogP contribution < -0.4 is 9.47 Å². The fourth-order valence-corrected chi connectivity index (χ4v) is 3.12. The second-order valence-corrected chi connectivity index (χ2v) is 7.82. The Balaban J connectivity index is 0. The topological polar surface area (TPSA) is 18.5 Å². The van der Waals surface area contributed by atoms with Crippen molar-refractivity contribution in [1.82, 2.24) is 0 Å². The maximum atomic E-state index is 5.54. The Morgan fingerprint density at radius 3 is 1.16 bits per heavy atom. The predicted molar refractivity (Wildman–Crippen MR) is 145 cm³/mol. The van der Waals surface area contributed by atoms with Crippen molar-refractivity contribution < 1.29 is 9.47 Å². The summed E-state index contributed by atoms with van der Waals surface area (Å²) in [5, 5.41) is 0. The van der Waals surface area contributed by atoms with Crippen LogP contribution in [0.25, 0.3) is 0 Å². The molecule has 2 atom stereocenters. The van der Waals surface area contributed by atoms with Crippen molar-refractivity contribution in [3.8, 4) is 11.5 Å². The Kier molecular flexibility index (Phi) is 19.8. The molecule has 0 aromatic heterocycles. The van der Waals surface area contributed by atoms with Crippen molar-refractivity contribution in [2.24, 2.45) is 0 Å². The molecule has 0 saturated carbocycles. The maximum Gasteiger partial charge on any atom is 0.125 e. The smallest absolute Gasteiger partial charge is 0.125 e. The standard InChI is InChI=1S/2C10H12O.2C3H8.2C2H6/c2*1-7-4-3-5-9-8(2)6-11-10(7)9;2*1-3-2;2*1-2/h2*3-5,8H,6H2,1-2H3;2*3H2,1-2H3;2*1-2H3/t2*8-;;;;/m10..../s1. The van der Waals surface area contributed by atoms with E-state index in [0.717, 1.165) is 24.7 Å². The van der Waals surface area contributed by atoms with Gasteiger partial charge in [0, 0.05) is 23.0 Å². The van der Waals surface area contributed by atoms with Gasteiger partial charge in [0.05, 0.1) is 13.2 Å². The molecule has 0 N–H and O–H groups in total. The van der Waals surface area contributed by atoms with Crippen LogP contribution in [0.5, 0.6) is 11.5 Å². The van der Waals surface area contributed by atoms with E-state index in [1.165, 1.54) is 35.1 Å². The third-order valence-electron chi connectivity index (χ3n) is 4.50. The Morgan fingerprint density at radius 1 is 0.625 bits per heavy atom. The lowest BCUT2D eigenvalue weighted by molar-refractivity contribution is 0.335. The van der Waals surface area contributed by atoms with Gasteiger partial charge in [-0.1, -0.05) is 118 Å². The van der Waals surface area contributed by atoms with Gasteiger partial charge in [-0.2, -0.15) is 0 Å². The summed E-state index contributed by atoms with van der Waals surface area (Å²) in [5.74, 6) is 3.37. The number of hydrogen-bond donors (Lipinski definition) is 0. The van der Waals surface area contributed by atoms with E-state index in [2.05, 4.69) is 91.8 Å². The first-order valence-electron chi connectivity index (χ1n) is 12.9. The van der Waals surface area contributed by atoms with Gasteiger partial charge in [-0.25, -0.2) is 0 Å². The summed E-state index contributed by atoms with van der Waals surface area (Å²) in [6.45, 7) is 26.8. The van der Waals surface area contributed by atoms with Crippen LogP contribution in [0.1, 0.15) is 116 Å². The summed E-state index contributed by atoms with van der Waals surface area (Å²) in [4.78, 5) is 0. The van der Waals surface area contributed by atoms with Crippen LogP contribution in [-0.4, -0.2) is 13.2 Å². The lowest BCUT2D eigenvalue weighted by Gasteiger charge is -2.01. The molecule has 0 amide bonds. The molecule has 2 aromatic carbocycles. The molecule has 2 heteroatoms. The van der Waals surface area contributed by atoms with Gasteiger partial charge in [0.1, 0.15) is 11.5 Å². The average molecular weight is 445 g/mol. The van der Waals surface area contributed by atoms with Gasteiger partial charge in [0.2, 0.25) is 0 Å². The SMILES string of the molecule is CC.CC.CCC.CCC.Cc1cccc2c1OC[C@@H]2C.Cc1cccc2c1OC[C@H]2C. The molecular formula is C30H52O2. The molecule has 0 unspecified atom stereocenters. The average Bonchev–Trinajstić information content (AvgIpc) is 3.38. The van der Waals surface area contributed by atoms with E-state index in [-0.39, 0.29) is 0 Å². The van der Waals surface area contributed by atoms with Gasteiger partial charge in [0.25, 0.3) is 0 Å². The number of aryl methyl sites for hydroxylation is 2. The van der Waals surface area contributed by atoms with Crippen molar-refractivity contribution >= 4 is 0 Å². The fraction of sp³-hybridized carbons (Fsp3) is 0.600. The van der Waals surface area contributed by atoms with E-state index < -0.39 is 0 Å². The number of para-hydroxylation sites is 2. The first-order valence-corrected chi connectivity index (χ1v) is 12.9. The van der Waals surface area contributed by atoms with Crippen molar-refractivity contribution in [3.05, 3.63) is 58.7 Å². The molecule has 2 heterocycles. The molecule has 0 saturated heterocycles. The van der Waals surface area contributed by atoms with Gasteiger partial charge < -0.3 is 9.47 Å². The molecular weight excluding hydrogens is 392 g/mol. The van der Waals surface area contributed by atoms with Crippen molar-refractivity contribution in [3.63, 3.8) is 0 Å². The van der Waals surface area contributed by atoms with E-state index in [9.17, 15) is 0 Å². The zero-order chi connectivity index (χ0) is 25.1. The lowest BCUT2D eigenvalue weighted by Crippen LogP contribution is -1.93. The van der Waals surface area contributed by atoms with E-state index in [1.54, 1.807) is 0 Å². The van der Waals surface area contributed by atoms with Crippen LogP contribution in [0.4, 0.5) is 0 Å². The highest BCUT2D eigenvalue weighted by Crippen LogP contribution is 2.36. The molecule has 2 nitrogen and oxygen atoms in total. The maximum absolute atomic E-state index is 5.54. The highest BCUT2D eigenvalue weighted by Gasteiger charge is 2.21. The zero-order valence-corrected chi connectivity index (χ0v) is 23.3. The number of benzene rings is 2. The summed E-state index contributed by atoms with van der Waals surface area (Å²) < 4.78 is 11.1. The number of fused-ring (bicyclic) bond motifs is 2. The van der Waals surface area contributed by atoms with Crippen molar-refractivity contribution in [1.29, 1.82) is 0 Å². The first-order chi connectivity index (χ1) is 15.4. The largest absolute Gasteiger partial charge is 0.492 e. The van der Waals surface area contributed by atoms with Crippen LogP contribution in [0.15, 0.2) is 36.4 Å². The molecule has 0 fully saturated rings. The second kappa shape index (κ2) is 19.7. The first kappa shape index (κ1) is 32.2. The predicted octanol–water partition coefficient (Wildman–Crippen LogP) is 9.87. The Morgan fingerprint density at radius 2 is 0.906 bits per heavy atom. The third-order valence-corrected chi connectivity index (χ3v) is 4.50. The minimum atomic E-state index is 0.574. The van der Waals surface area contributed by atoms with Gasteiger partial charge in [-0.3, -0.25) is 0 Å². The summed E-state index contributed by atoms with van der Waals surface area (Å²) >= 11 is 0. The number of hydrogen-bond acceptors (Lipinski definition) is 2. The quantitative estimate of drug-likeness (QED) is 0.402. The highest BCUT2D eigenvalue weighted by molar-refractivity contribution is 5.46. The van der Waals surface area contributed by atoms with Gasteiger partial charge >= 0.3 is 0 Å². The molecule has 2 aromatic rings. The summed E-state index contributed by atoms with van der Waals surface area (Å²) in [5.41, 5.74) is 5.24. The minimum Gasteiger partial charge on any atom is -0.492 e. The Hall–Kier alpha value is -1.96. The zero-order valence-electron chi connectivity index (χ0n) is 23.3.